The Kier molecular flexibility index (Phi) is 3.79. The summed E-state index contributed by atoms with van der Waals surface area (Å²) in [5, 5.41) is 21.4. The predicted molar refractivity (Wildman–Crippen MR) is 101 cm³/mol. The van der Waals surface area contributed by atoms with Gasteiger partial charge in [0.1, 0.15) is 11.6 Å². The van der Waals surface area contributed by atoms with Gasteiger partial charge in [-0.25, -0.2) is 0 Å². The van der Waals surface area contributed by atoms with Crippen molar-refractivity contribution in [3.8, 4) is 28.5 Å². The summed E-state index contributed by atoms with van der Waals surface area (Å²) in [6.45, 7) is 0. The molecule has 0 unspecified atom stereocenters. The number of benzene rings is 2. The van der Waals surface area contributed by atoms with Gasteiger partial charge in [0.25, 0.3) is 11.2 Å². The zero-order valence-corrected chi connectivity index (χ0v) is 13.9. The first kappa shape index (κ1) is 16.3. The van der Waals surface area contributed by atoms with Gasteiger partial charge in [-0.3, -0.25) is 14.9 Å². The van der Waals surface area contributed by atoms with Crippen LogP contribution in [0, 0.1) is 21.4 Å². The Morgan fingerprint density at radius 3 is 2.63 bits per heavy atom. The SMILES string of the molecule is N#Cc1c(-c2cccc([N+](=O)[O-])c2)cc(-c2c[nH]c3ccccc23)[nH]c1=O. The molecule has 2 heterocycles. The number of aromatic amines is 2. The third kappa shape index (κ3) is 2.75. The fourth-order valence-electron chi connectivity index (χ4n) is 3.12. The topological polar surface area (TPSA) is 116 Å². The molecule has 0 saturated heterocycles. The molecule has 2 aromatic carbocycles. The molecule has 0 atom stereocenters. The second-order valence-electron chi connectivity index (χ2n) is 5.97. The van der Waals surface area contributed by atoms with Crippen molar-refractivity contribution >= 4 is 16.6 Å². The average Bonchev–Trinajstić information content (AvgIpc) is 3.11. The van der Waals surface area contributed by atoms with Gasteiger partial charge in [-0.1, -0.05) is 30.3 Å². The minimum atomic E-state index is -0.540. The summed E-state index contributed by atoms with van der Waals surface area (Å²) >= 11 is 0. The Hall–Kier alpha value is -4.18. The Labute approximate surface area is 152 Å². The van der Waals surface area contributed by atoms with Crippen molar-refractivity contribution in [2.24, 2.45) is 0 Å². The predicted octanol–water partition coefficient (Wildman–Crippen LogP) is 3.97. The molecule has 0 bridgehead atoms. The van der Waals surface area contributed by atoms with Crippen LogP contribution in [-0.2, 0) is 0 Å². The number of hydrogen-bond donors (Lipinski definition) is 2. The standard InChI is InChI=1S/C20H12N4O3/c21-10-16-15(12-4-3-5-13(8-12)24(26)27)9-19(23-20(16)25)17-11-22-18-7-2-1-6-14(17)18/h1-9,11,22H,(H,23,25). The van der Waals surface area contributed by atoms with Gasteiger partial charge in [0.15, 0.2) is 0 Å². The molecule has 0 fully saturated rings. The lowest BCUT2D eigenvalue weighted by Crippen LogP contribution is -2.12. The summed E-state index contributed by atoms with van der Waals surface area (Å²) in [7, 11) is 0. The summed E-state index contributed by atoms with van der Waals surface area (Å²) in [4.78, 5) is 28.9. The fraction of sp³-hybridized carbons (Fsp3) is 0. The number of H-pyrrole nitrogens is 2. The number of nitrogens with zero attached hydrogens (tertiary/aromatic N) is 2. The number of nitrogens with one attached hydrogen (secondary N) is 2. The van der Waals surface area contributed by atoms with Gasteiger partial charge < -0.3 is 9.97 Å². The molecule has 27 heavy (non-hydrogen) atoms. The van der Waals surface area contributed by atoms with Gasteiger partial charge >= 0.3 is 0 Å². The van der Waals surface area contributed by atoms with Crippen LogP contribution in [0.2, 0.25) is 0 Å². The number of pyridine rings is 1. The average molecular weight is 356 g/mol. The van der Waals surface area contributed by atoms with Crippen molar-refractivity contribution in [1.29, 1.82) is 5.26 Å². The molecule has 0 aliphatic heterocycles. The van der Waals surface area contributed by atoms with Crippen molar-refractivity contribution in [3.05, 3.63) is 86.8 Å². The lowest BCUT2D eigenvalue weighted by atomic mass is 9.98. The largest absolute Gasteiger partial charge is 0.360 e. The number of fused-ring (bicyclic) bond motifs is 1. The van der Waals surface area contributed by atoms with Crippen LogP contribution in [0.4, 0.5) is 5.69 Å². The van der Waals surface area contributed by atoms with Crippen LogP contribution in [0.5, 0.6) is 0 Å². The molecule has 0 radical (unpaired) electrons. The second-order valence-corrected chi connectivity index (χ2v) is 5.97. The molecule has 2 N–H and O–H groups in total. The highest BCUT2D eigenvalue weighted by molar-refractivity contribution is 5.95. The smallest absolute Gasteiger partial charge is 0.270 e. The van der Waals surface area contributed by atoms with Crippen LogP contribution in [0.3, 0.4) is 0 Å². The quantitative estimate of drug-likeness (QED) is 0.427. The molecule has 4 rings (SSSR count). The molecule has 4 aromatic rings. The van der Waals surface area contributed by atoms with E-state index in [4.69, 9.17) is 0 Å². The third-order valence-electron chi connectivity index (χ3n) is 4.39. The Morgan fingerprint density at radius 1 is 1.04 bits per heavy atom. The summed E-state index contributed by atoms with van der Waals surface area (Å²) in [5.41, 5.74) is 2.27. The highest BCUT2D eigenvalue weighted by Gasteiger charge is 2.16. The van der Waals surface area contributed by atoms with Crippen molar-refractivity contribution in [1.82, 2.24) is 9.97 Å². The van der Waals surface area contributed by atoms with Gasteiger partial charge in [-0.2, -0.15) is 5.26 Å². The zero-order chi connectivity index (χ0) is 19.0. The number of hydrogen-bond acceptors (Lipinski definition) is 4. The molecule has 130 valence electrons. The maximum Gasteiger partial charge on any atom is 0.270 e. The van der Waals surface area contributed by atoms with E-state index in [0.717, 1.165) is 16.5 Å². The molecule has 0 aliphatic rings. The van der Waals surface area contributed by atoms with Crippen LogP contribution < -0.4 is 5.56 Å². The Bertz CT molecular complexity index is 1290. The number of para-hydroxylation sites is 1. The van der Waals surface area contributed by atoms with E-state index in [-0.39, 0.29) is 11.3 Å². The summed E-state index contributed by atoms with van der Waals surface area (Å²) < 4.78 is 0. The van der Waals surface area contributed by atoms with Crippen molar-refractivity contribution in [2.75, 3.05) is 0 Å². The van der Waals surface area contributed by atoms with E-state index in [9.17, 15) is 20.2 Å². The molecule has 7 heteroatoms. The molecular weight excluding hydrogens is 344 g/mol. The first-order chi connectivity index (χ1) is 13.1. The van der Waals surface area contributed by atoms with Gasteiger partial charge in [-0.15, -0.1) is 0 Å². The van der Waals surface area contributed by atoms with E-state index in [1.165, 1.54) is 18.2 Å². The monoisotopic (exact) mass is 356 g/mol. The molecule has 0 spiro atoms. The van der Waals surface area contributed by atoms with Gasteiger partial charge in [0, 0.05) is 40.4 Å². The Morgan fingerprint density at radius 2 is 1.85 bits per heavy atom. The van der Waals surface area contributed by atoms with Crippen molar-refractivity contribution < 1.29 is 4.92 Å². The molecule has 0 saturated carbocycles. The van der Waals surface area contributed by atoms with E-state index in [2.05, 4.69) is 9.97 Å². The number of nitro groups is 1. The second kappa shape index (κ2) is 6.28. The molecule has 2 aromatic heterocycles. The number of aromatic nitrogens is 2. The molecular formula is C20H12N4O3. The molecule has 0 aliphatic carbocycles. The van der Waals surface area contributed by atoms with E-state index in [0.29, 0.717) is 16.8 Å². The summed E-state index contributed by atoms with van der Waals surface area (Å²) in [5.74, 6) is 0. The third-order valence-corrected chi connectivity index (χ3v) is 4.39. The van der Waals surface area contributed by atoms with E-state index >= 15 is 0 Å². The highest BCUT2D eigenvalue weighted by atomic mass is 16.6. The highest BCUT2D eigenvalue weighted by Crippen LogP contribution is 2.31. The lowest BCUT2D eigenvalue weighted by molar-refractivity contribution is -0.384. The van der Waals surface area contributed by atoms with Crippen LogP contribution in [-0.4, -0.2) is 14.9 Å². The minimum Gasteiger partial charge on any atom is -0.360 e. The maximum absolute atomic E-state index is 12.5. The van der Waals surface area contributed by atoms with Crippen LogP contribution >= 0.6 is 0 Å². The number of nitro benzene ring substituents is 1. The first-order valence-electron chi connectivity index (χ1n) is 8.07. The number of nitriles is 1. The summed E-state index contributed by atoms with van der Waals surface area (Å²) in [6, 6.07) is 17.1. The van der Waals surface area contributed by atoms with E-state index < -0.39 is 10.5 Å². The van der Waals surface area contributed by atoms with E-state index in [1.807, 2.05) is 30.3 Å². The van der Waals surface area contributed by atoms with Gasteiger partial charge in [-0.05, 0) is 17.7 Å². The molecule has 0 amide bonds. The summed E-state index contributed by atoms with van der Waals surface area (Å²) in [6.07, 6.45) is 1.78. The van der Waals surface area contributed by atoms with Crippen LogP contribution in [0.1, 0.15) is 5.56 Å². The fourth-order valence-corrected chi connectivity index (χ4v) is 3.12. The maximum atomic E-state index is 12.5. The number of non-ortho nitro benzene ring substituents is 1. The molecule has 7 nitrogen and oxygen atoms in total. The zero-order valence-electron chi connectivity index (χ0n) is 13.9. The minimum absolute atomic E-state index is 0.0842. The van der Waals surface area contributed by atoms with E-state index in [1.54, 1.807) is 18.3 Å². The van der Waals surface area contributed by atoms with Crippen molar-refractivity contribution in [2.45, 2.75) is 0 Å². The first-order valence-corrected chi connectivity index (χ1v) is 8.07. The number of rotatable bonds is 3. The van der Waals surface area contributed by atoms with Gasteiger partial charge in [0.05, 0.1) is 10.6 Å². The lowest BCUT2D eigenvalue weighted by Gasteiger charge is -2.07. The normalized spacial score (nSPS) is 10.6. The van der Waals surface area contributed by atoms with Crippen LogP contribution in [0.25, 0.3) is 33.3 Å². The van der Waals surface area contributed by atoms with Crippen molar-refractivity contribution in [3.63, 3.8) is 0 Å². The van der Waals surface area contributed by atoms with Gasteiger partial charge in [0.2, 0.25) is 0 Å². The Balaban J connectivity index is 1.98. The van der Waals surface area contributed by atoms with Crippen LogP contribution in [0.15, 0.2) is 65.6 Å².